The Kier molecular flexibility index (Phi) is 6.94. The maximum Gasteiger partial charge on any atom is 0.282 e. The average molecular weight is 445 g/mol. The number of amides is 2. The monoisotopic (exact) mass is 444 g/mol. The number of hydrogen-bond acceptors (Lipinski definition) is 6. The Bertz CT molecular complexity index is 838. The molecule has 0 saturated carbocycles. The van der Waals surface area contributed by atoms with Crippen LogP contribution in [0.3, 0.4) is 0 Å². The highest BCUT2D eigenvalue weighted by molar-refractivity contribution is 7.86. The summed E-state index contributed by atoms with van der Waals surface area (Å²) in [7, 11) is -3.56. The Morgan fingerprint density at radius 1 is 1.10 bits per heavy atom. The van der Waals surface area contributed by atoms with Gasteiger partial charge in [-0.25, -0.2) is 0 Å². The fraction of sp³-hybridized carbons (Fsp3) is 0.667. The highest BCUT2D eigenvalue weighted by atomic mass is 32.2. The van der Waals surface area contributed by atoms with Gasteiger partial charge in [-0.05, 0) is 26.0 Å². The van der Waals surface area contributed by atoms with Gasteiger partial charge < -0.3 is 15.0 Å². The van der Waals surface area contributed by atoms with E-state index in [1.165, 1.54) is 26.9 Å². The third-order valence-electron chi connectivity index (χ3n) is 4.95. The van der Waals surface area contributed by atoms with Crippen LogP contribution in [-0.2, 0) is 26.3 Å². The summed E-state index contributed by atoms with van der Waals surface area (Å²) in [5, 5.41) is 2.71. The lowest BCUT2D eigenvalue weighted by atomic mass is 10.3. The first-order chi connectivity index (χ1) is 13.7. The Balaban J connectivity index is 1.57. The van der Waals surface area contributed by atoms with Gasteiger partial charge in [0.15, 0.2) is 0 Å². The van der Waals surface area contributed by atoms with E-state index >= 15 is 0 Å². The van der Waals surface area contributed by atoms with E-state index in [1.807, 2.05) is 19.9 Å². The van der Waals surface area contributed by atoms with Crippen molar-refractivity contribution in [1.82, 2.24) is 18.8 Å². The lowest BCUT2D eigenvalue weighted by Gasteiger charge is -2.40. The topological polar surface area (TPSA) is 99.3 Å². The molecular weight excluding hydrogens is 416 g/mol. The van der Waals surface area contributed by atoms with Crippen molar-refractivity contribution >= 4 is 33.4 Å². The Morgan fingerprint density at radius 2 is 1.72 bits per heavy atom. The molecule has 2 aliphatic heterocycles. The molecule has 0 spiro atoms. The van der Waals surface area contributed by atoms with Crippen LogP contribution in [0.5, 0.6) is 0 Å². The van der Waals surface area contributed by atoms with Crippen LogP contribution in [0.25, 0.3) is 0 Å². The lowest BCUT2D eigenvalue weighted by molar-refractivity contribution is -0.119. The summed E-state index contributed by atoms with van der Waals surface area (Å²) >= 11 is 1.35. The van der Waals surface area contributed by atoms with Gasteiger partial charge in [-0.2, -0.15) is 17.0 Å². The van der Waals surface area contributed by atoms with Gasteiger partial charge in [0.2, 0.25) is 5.91 Å². The van der Waals surface area contributed by atoms with Gasteiger partial charge >= 0.3 is 0 Å². The lowest BCUT2D eigenvalue weighted by Crippen LogP contribution is -2.57. The smallest absolute Gasteiger partial charge is 0.282 e. The molecule has 1 N–H and O–H groups in total. The molecule has 2 fully saturated rings. The van der Waals surface area contributed by atoms with Crippen LogP contribution < -0.4 is 5.32 Å². The molecular formula is C18H28N4O5S2. The second-order valence-electron chi connectivity index (χ2n) is 7.45. The van der Waals surface area contributed by atoms with Gasteiger partial charge in [0.1, 0.15) is 0 Å². The quantitative estimate of drug-likeness (QED) is 0.713. The molecule has 29 heavy (non-hydrogen) atoms. The molecule has 0 radical (unpaired) electrons. The van der Waals surface area contributed by atoms with E-state index in [2.05, 4.69) is 5.32 Å². The summed E-state index contributed by atoms with van der Waals surface area (Å²) in [6.45, 7) is 7.54. The highest BCUT2D eigenvalue weighted by Crippen LogP contribution is 2.22. The second-order valence-corrected chi connectivity index (χ2v) is 10.5. The Hall–Kier alpha value is -1.53. The first kappa shape index (κ1) is 22.2. The van der Waals surface area contributed by atoms with Gasteiger partial charge in [-0.1, -0.05) is 0 Å². The van der Waals surface area contributed by atoms with Crippen molar-refractivity contribution in [3.63, 3.8) is 0 Å². The molecule has 2 unspecified atom stereocenters. The maximum absolute atomic E-state index is 13.0. The Labute approximate surface area is 175 Å². The van der Waals surface area contributed by atoms with Gasteiger partial charge in [-0.3, -0.25) is 9.59 Å². The van der Waals surface area contributed by atoms with Crippen LogP contribution in [0.4, 0.5) is 0 Å². The van der Waals surface area contributed by atoms with E-state index in [9.17, 15) is 18.0 Å². The number of morpholine rings is 1. The Morgan fingerprint density at radius 3 is 2.31 bits per heavy atom. The molecule has 2 amide bonds. The molecule has 11 heteroatoms. The van der Waals surface area contributed by atoms with Crippen molar-refractivity contribution in [1.29, 1.82) is 0 Å². The van der Waals surface area contributed by atoms with Crippen molar-refractivity contribution in [3.05, 3.63) is 21.9 Å². The number of carbonyl (C=O) groups excluding carboxylic acids is 2. The van der Waals surface area contributed by atoms with Crippen molar-refractivity contribution < 1.29 is 22.7 Å². The fourth-order valence-corrected chi connectivity index (χ4v) is 6.22. The summed E-state index contributed by atoms with van der Waals surface area (Å²) < 4.78 is 34.5. The number of nitrogens with zero attached hydrogens (tertiary/aromatic N) is 3. The van der Waals surface area contributed by atoms with E-state index in [4.69, 9.17) is 4.74 Å². The van der Waals surface area contributed by atoms with Crippen LogP contribution in [0.15, 0.2) is 12.1 Å². The summed E-state index contributed by atoms with van der Waals surface area (Å²) in [5.41, 5.74) is 0. The number of rotatable bonds is 5. The normalized spacial score (nSPS) is 24.4. The number of nitrogens with one attached hydrogen (secondary N) is 1. The highest BCUT2D eigenvalue weighted by Gasteiger charge is 2.37. The number of thiophene rings is 1. The number of piperazine rings is 1. The van der Waals surface area contributed by atoms with Gasteiger partial charge in [-0.15, -0.1) is 11.3 Å². The van der Waals surface area contributed by atoms with E-state index in [0.717, 1.165) is 4.88 Å². The molecule has 0 aromatic carbocycles. The predicted octanol–water partition coefficient (Wildman–Crippen LogP) is 0.496. The van der Waals surface area contributed by atoms with E-state index in [0.29, 0.717) is 37.6 Å². The van der Waals surface area contributed by atoms with Gasteiger partial charge in [0.05, 0.1) is 23.6 Å². The zero-order valence-corrected chi connectivity index (χ0v) is 18.6. The van der Waals surface area contributed by atoms with Crippen LogP contribution >= 0.6 is 11.3 Å². The SMILES string of the molecule is CC(=O)NCc1ccc(C(=O)N2CCN(S(=O)(=O)N3CC(C)OC(C)C3)CC2)s1. The largest absolute Gasteiger partial charge is 0.373 e. The van der Waals surface area contributed by atoms with E-state index in [1.54, 1.807) is 11.0 Å². The molecule has 3 rings (SSSR count). The predicted molar refractivity (Wildman–Crippen MR) is 110 cm³/mol. The third kappa shape index (κ3) is 5.34. The molecule has 2 aliphatic rings. The molecule has 0 bridgehead atoms. The van der Waals surface area contributed by atoms with E-state index in [-0.39, 0.29) is 37.1 Å². The molecule has 1 aromatic heterocycles. The zero-order chi connectivity index (χ0) is 21.2. The average Bonchev–Trinajstić information content (AvgIpc) is 3.14. The fourth-order valence-electron chi connectivity index (χ4n) is 3.56. The minimum Gasteiger partial charge on any atom is -0.373 e. The minimum atomic E-state index is -3.56. The maximum atomic E-state index is 13.0. The first-order valence-electron chi connectivity index (χ1n) is 9.70. The summed E-state index contributed by atoms with van der Waals surface area (Å²) in [5.74, 6) is -0.220. The summed E-state index contributed by atoms with van der Waals surface area (Å²) in [6.07, 6.45) is -0.274. The second kappa shape index (κ2) is 9.09. The van der Waals surface area contributed by atoms with Crippen molar-refractivity contribution in [2.24, 2.45) is 0 Å². The van der Waals surface area contributed by atoms with Crippen molar-refractivity contribution in [3.8, 4) is 0 Å². The van der Waals surface area contributed by atoms with Gasteiger partial charge in [0, 0.05) is 51.1 Å². The summed E-state index contributed by atoms with van der Waals surface area (Å²) in [4.78, 5) is 27.0. The van der Waals surface area contributed by atoms with Crippen LogP contribution in [0, 0.1) is 0 Å². The molecule has 2 saturated heterocycles. The van der Waals surface area contributed by atoms with Crippen LogP contribution in [0.1, 0.15) is 35.3 Å². The van der Waals surface area contributed by atoms with Crippen LogP contribution in [0.2, 0.25) is 0 Å². The molecule has 0 aliphatic carbocycles. The van der Waals surface area contributed by atoms with Crippen molar-refractivity contribution in [2.45, 2.75) is 39.5 Å². The first-order valence-corrected chi connectivity index (χ1v) is 11.9. The van der Waals surface area contributed by atoms with Gasteiger partial charge in [0.25, 0.3) is 16.1 Å². The summed E-state index contributed by atoms with van der Waals surface area (Å²) in [6, 6.07) is 3.58. The van der Waals surface area contributed by atoms with E-state index < -0.39 is 10.2 Å². The van der Waals surface area contributed by atoms with Crippen molar-refractivity contribution in [2.75, 3.05) is 39.3 Å². The molecule has 9 nitrogen and oxygen atoms in total. The zero-order valence-electron chi connectivity index (χ0n) is 17.0. The number of ether oxygens (including phenoxy) is 1. The third-order valence-corrected chi connectivity index (χ3v) is 7.99. The molecule has 2 atom stereocenters. The number of carbonyl (C=O) groups is 2. The minimum absolute atomic E-state index is 0.102. The van der Waals surface area contributed by atoms with Crippen LogP contribution in [-0.4, -0.2) is 85.2 Å². The molecule has 162 valence electrons. The number of hydrogen-bond donors (Lipinski definition) is 1. The standard InChI is InChI=1S/C18H28N4O5S2/c1-13-11-22(12-14(2)27-13)29(25,26)21-8-6-20(7-9-21)18(24)17-5-4-16(28-17)10-19-15(3)23/h4-5,13-14H,6-12H2,1-3H3,(H,19,23). The molecule has 3 heterocycles. The molecule has 1 aromatic rings.